The third-order valence-electron chi connectivity index (χ3n) is 7.60. The number of primary amides is 1. The first-order chi connectivity index (χ1) is 20.3. The molecule has 0 spiro atoms. The molecule has 0 saturated carbocycles. The maximum atomic E-state index is 13.5. The lowest BCUT2D eigenvalue weighted by Crippen LogP contribution is -2.37. The average molecular weight is 572 g/mol. The van der Waals surface area contributed by atoms with Crippen molar-refractivity contribution in [1.29, 1.82) is 0 Å². The first kappa shape index (κ1) is 30.7. The second-order valence-electron chi connectivity index (χ2n) is 10.4. The molecule has 42 heavy (non-hydrogen) atoms. The lowest BCUT2D eigenvalue weighted by Gasteiger charge is -2.24. The third-order valence-corrected chi connectivity index (χ3v) is 7.60. The number of hydrogen-bond acceptors (Lipinski definition) is 7. The molecule has 3 amide bonds. The van der Waals surface area contributed by atoms with Crippen LogP contribution in [0.5, 0.6) is 0 Å². The number of anilines is 2. The highest BCUT2D eigenvalue weighted by Gasteiger charge is 2.18. The van der Waals surface area contributed by atoms with Gasteiger partial charge >= 0.3 is 0 Å². The van der Waals surface area contributed by atoms with Gasteiger partial charge in [-0.15, -0.1) is 0 Å². The number of hydrogen-bond donors (Lipinski definition) is 3. The quantitative estimate of drug-likeness (QED) is 0.323. The van der Waals surface area contributed by atoms with Gasteiger partial charge in [-0.05, 0) is 81.9 Å². The van der Waals surface area contributed by atoms with Crippen molar-refractivity contribution in [2.24, 2.45) is 5.73 Å². The van der Waals surface area contributed by atoms with Gasteiger partial charge in [0, 0.05) is 80.5 Å². The number of amides is 3. The number of aromatic nitrogens is 1. The fourth-order valence-electron chi connectivity index (χ4n) is 5.10. The second kappa shape index (κ2) is 14.6. The molecule has 222 valence electrons. The minimum Gasteiger partial charge on any atom is -0.372 e. The van der Waals surface area contributed by atoms with Gasteiger partial charge in [0.1, 0.15) is 0 Å². The predicted octanol–water partition coefficient (Wildman–Crippen LogP) is 3.31. The molecule has 1 aliphatic rings. The van der Waals surface area contributed by atoms with E-state index in [-0.39, 0.29) is 11.8 Å². The van der Waals surface area contributed by atoms with E-state index in [0.717, 1.165) is 57.9 Å². The van der Waals surface area contributed by atoms with Crippen molar-refractivity contribution < 1.29 is 14.4 Å². The van der Waals surface area contributed by atoms with Crippen LogP contribution in [0.2, 0.25) is 0 Å². The summed E-state index contributed by atoms with van der Waals surface area (Å²) >= 11 is 0. The summed E-state index contributed by atoms with van der Waals surface area (Å²) < 4.78 is 0. The Kier molecular flexibility index (Phi) is 10.6. The van der Waals surface area contributed by atoms with Crippen LogP contribution >= 0.6 is 0 Å². The Hall–Kier alpha value is -4.28. The van der Waals surface area contributed by atoms with E-state index in [9.17, 15) is 14.4 Å². The summed E-state index contributed by atoms with van der Waals surface area (Å²) in [5, 5.41) is 6.39. The molecule has 0 bridgehead atoms. The van der Waals surface area contributed by atoms with E-state index < -0.39 is 5.91 Å². The third kappa shape index (κ3) is 7.71. The molecule has 0 atom stereocenters. The summed E-state index contributed by atoms with van der Waals surface area (Å²) in [6.07, 6.45) is 2.63. The Labute approximate surface area is 247 Å². The molecule has 2 aromatic carbocycles. The maximum absolute atomic E-state index is 13.5. The summed E-state index contributed by atoms with van der Waals surface area (Å²) in [5.74, 6) is -1.04. The Morgan fingerprint density at radius 2 is 1.76 bits per heavy atom. The van der Waals surface area contributed by atoms with E-state index in [1.54, 1.807) is 48.3 Å². The van der Waals surface area contributed by atoms with Crippen molar-refractivity contribution in [1.82, 2.24) is 20.1 Å². The summed E-state index contributed by atoms with van der Waals surface area (Å²) in [4.78, 5) is 49.2. The SMILES string of the molecule is CCN(CC)c1ccc(NC(=O)c2cccc(C(=O)N(C)CCN3CCCNCC3)c2)c(-c2cc(C(N)=O)ccn2)c1. The molecule has 1 fully saturated rings. The predicted molar refractivity (Wildman–Crippen MR) is 167 cm³/mol. The minimum atomic E-state index is -0.556. The summed E-state index contributed by atoms with van der Waals surface area (Å²) in [6.45, 7) is 11.1. The monoisotopic (exact) mass is 571 g/mol. The van der Waals surface area contributed by atoms with Gasteiger partial charge in [0.05, 0.1) is 11.4 Å². The molecule has 10 heteroatoms. The Bertz CT molecular complexity index is 1400. The van der Waals surface area contributed by atoms with Crippen molar-refractivity contribution in [2.75, 3.05) is 69.6 Å². The molecule has 0 unspecified atom stereocenters. The zero-order valence-electron chi connectivity index (χ0n) is 24.7. The average Bonchev–Trinajstić information content (AvgIpc) is 3.29. The highest BCUT2D eigenvalue weighted by atomic mass is 16.2. The number of rotatable bonds is 11. The van der Waals surface area contributed by atoms with E-state index in [4.69, 9.17) is 5.73 Å². The Balaban J connectivity index is 1.54. The number of benzene rings is 2. The van der Waals surface area contributed by atoms with Crippen LogP contribution in [0.25, 0.3) is 11.3 Å². The smallest absolute Gasteiger partial charge is 0.255 e. The summed E-state index contributed by atoms with van der Waals surface area (Å²) in [7, 11) is 1.79. The largest absolute Gasteiger partial charge is 0.372 e. The van der Waals surface area contributed by atoms with Crippen molar-refractivity contribution >= 4 is 29.1 Å². The van der Waals surface area contributed by atoms with Crippen LogP contribution in [-0.4, -0.2) is 91.9 Å². The lowest BCUT2D eigenvalue weighted by atomic mass is 10.0. The molecule has 3 aromatic rings. The molecule has 0 aliphatic carbocycles. The summed E-state index contributed by atoms with van der Waals surface area (Å²) in [5.41, 5.74) is 9.34. The molecular weight excluding hydrogens is 530 g/mol. The van der Waals surface area contributed by atoms with E-state index >= 15 is 0 Å². The van der Waals surface area contributed by atoms with Crippen LogP contribution in [0, 0.1) is 0 Å². The highest BCUT2D eigenvalue weighted by molar-refractivity contribution is 6.08. The minimum absolute atomic E-state index is 0.130. The van der Waals surface area contributed by atoms with Crippen molar-refractivity contribution in [3.8, 4) is 11.3 Å². The fraction of sp³-hybridized carbons (Fsp3) is 0.375. The molecule has 1 saturated heterocycles. The van der Waals surface area contributed by atoms with Crippen LogP contribution in [0.15, 0.2) is 60.8 Å². The van der Waals surface area contributed by atoms with E-state index in [2.05, 4.69) is 39.3 Å². The molecule has 1 aliphatic heterocycles. The molecule has 4 N–H and O–H groups in total. The van der Waals surface area contributed by atoms with Crippen LogP contribution in [-0.2, 0) is 0 Å². The molecule has 2 heterocycles. The molecular formula is C32H41N7O3. The first-order valence-corrected chi connectivity index (χ1v) is 14.6. The van der Waals surface area contributed by atoms with E-state index in [1.807, 2.05) is 18.2 Å². The highest BCUT2D eigenvalue weighted by Crippen LogP contribution is 2.32. The van der Waals surface area contributed by atoms with Gasteiger partial charge < -0.3 is 31.1 Å². The van der Waals surface area contributed by atoms with Crippen LogP contribution in [0.1, 0.15) is 51.3 Å². The van der Waals surface area contributed by atoms with Gasteiger partial charge in [-0.25, -0.2) is 0 Å². The molecule has 0 radical (unpaired) electrons. The van der Waals surface area contributed by atoms with Crippen molar-refractivity contribution in [2.45, 2.75) is 20.3 Å². The van der Waals surface area contributed by atoms with Crippen LogP contribution < -0.4 is 21.3 Å². The molecule has 10 nitrogen and oxygen atoms in total. The number of pyridine rings is 1. The number of likely N-dealkylation sites (N-methyl/N-ethyl adjacent to an activating group) is 1. The normalized spacial score (nSPS) is 13.7. The number of carbonyl (C=O) groups is 3. The van der Waals surface area contributed by atoms with Gasteiger partial charge in [-0.3, -0.25) is 19.4 Å². The second-order valence-corrected chi connectivity index (χ2v) is 10.4. The lowest BCUT2D eigenvalue weighted by molar-refractivity contribution is 0.0779. The van der Waals surface area contributed by atoms with Gasteiger partial charge in [0.15, 0.2) is 0 Å². The zero-order chi connectivity index (χ0) is 30.1. The van der Waals surface area contributed by atoms with Gasteiger partial charge in [-0.2, -0.15) is 0 Å². The van der Waals surface area contributed by atoms with Crippen LogP contribution in [0.3, 0.4) is 0 Å². The number of carbonyl (C=O) groups excluding carboxylic acids is 3. The van der Waals surface area contributed by atoms with Gasteiger partial charge in [0.2, 0.25) is 5.91 Å². The van der Waals surface area contributed by atoms with Crippen LogP contribution in [0.4, 0.5) is 11.4 Å². The standard InChI is InChI=1S/C32H41N7O3/c1-4-39(5-2)26-10-11-28(27(22-26)29-21-23(30(33)40)12-14-35-29)36-31(41)24-8-6-9-25(20-24)32(42)37(3)18-19-38-16-7-13-34-15-17-38/h6,8-12,14,20-22,34H,4-5,7,13,15-19H2,1-3H3,(H2,33,40)(H,36,41). The zero-order valence-corrected chi connectivity index (χ0v) is 24.7. The van der Waals surface area contributed by atoms with E-state index in [0.29, 0.717) is 40.2 Å². The summed E-state index contributed by atoms with van der Waals surface area (Å²) in [6, 6.07) is 15.7. The van der Waals surface area contributed by atoms with Crippen molar-refractivity contribution in [3.63, 3.8) is 0 Å². The number of nitrogens with one attached hydrogen (secondary N) is 2. The van der Waals surface area contributed by atoms with Gasteiger partial charge in [0.25, 0.3) is 11.8 Å². The Morgan fingerprint density at radius 3 is 2.52 bits per heavy atom. The number of nitrogens with zero attached hydrogens (tertiary/aromatic N) is 4. The fourth-order valence-corrected chi connectivity index (χ4v) is 5.10. The van der Waals surface area contributed by atoms with E-state index in [1.165, 1.54) is 6.20 Å². The molecule has 4 rings (SSSR count). The topological polar surface area (TPSA) is 124 Å². The van der Waals surface area contributed by atoms with Crippen molar-refractivity contribution in [3.05, 3.63) is 77.5 Å². The molecule has 1 aromatic heterocycles. The maximum Gasteiger partial charge on any atom is 0.255 e. The first-order valence-electron chi connectivity index (χ1n) is 14.6. The Morgan fingerprint density at radius 1 is 0.976 bits per heavy atom. The number of nitrogens with two attached hydrogens (primary N) is 1. The van der Waals surface area contributed by atoms with Gasteiger partial charge in [-0.1, -0.05) is 6.07 Å².